The van der Waals surface area contributed by atoms with Gasteiger partial charge < -0.3 is 4.90 Å². The second-order valence-corrected chi connectivity index (χ2v) is 5.32. The molecule has 3 rings (SSSR count). The topological polar surface area (TPSA) is 37.4 Å². The van der Waals surface area contributed by atoms with Crippen molar-refractivity contribution in [1.82, 2.24) is 4.90 Å². The zero-order valence-electron chi connectivity index (χ0n) is 11.4. The SMILES string of the molecule is O=C1C(=C2C=CN(CCCCl)C=C2)C(=O)c2ccccc21. The number of Topliss-reactive ketones (excluding diaryl/α,β-unsaturated/α-hetero) is 2. The van der Waals surface area contributed by atoms with Crippen molar-refractivity contribution in [2.24, 2.45) is 0 Å². The van der Waals surface area contributed by atoms with E-state index in [2.05, 4.69) is 0 Å². The lowest BCUT2D eigenvalue weighted by molar-refractivity contribution is 0.0988. The van der Waals surface area contributed by atoms with Crippen molar-refractivity contribution in [3.05, 3.63) is 71.1 Å². The molecule has 0 atom stereocenters. The van der Waals surface area contributed by atoms with Crippen molar-refractivity contribution in [3.63, 3.8) is 0 Å². The number of nitrogens with zero attached hydrogens (tertiary/aromatic N) is 1. The van der Waals surface area contributed by atoms with Gasteiger partial charge >= 0.3 is 0 Å². The second-order valence-electron chi connectivity index (χ2n) is 4.95. The average molecular weight is 300 g/mol. The summed E-state index contributed by atoms with van der Waals surface area (Å²) in [6.07, 6.45) is 8.25. The lowest BCUT2D eigenvalue weighted by Crippen LogP contribution is -2.15. The Labute approximate surface area is 128 Å². The van der Waals surface area contributed by atoms with Crippen molar-refractivity contribution in [2.45, 2.75) is 6.42 Å². The molecule has 1 aromatic carbocycles. The number of fused-ring (bicyclic) bond motifs is 1. The van der Waals surface area contributed by atoms with E-state index in [9.17, 15) is 9.59 Å². The molecule has 0 unspecified atom stereocenters. The number of ketones is 2. The Hall–Kier alpha value is -2.13. The molecule has 21 heavy (non-hydrogen) atoms. The third-order valence-corrected chi connectivity index (χ3v) is 3.87. The smallest absolute Gasteiger partial charge is 0.198 e. The van der Waals surface area contributed by atoms with Crippen LogP contribution < -0.4 is 0 Å². The summed E-state index contributed by atoms with van der Waals surface area (Å²) in [6, 6.07) is 6.95. The maximum absolute atomic E-state index is 12.4. The second kappa shape index (κ2) is 5.70. The molecule has 1 heterocycles. The molecule has 1 aliphatic carbocycles. The average Bonchev–Trinajstić information content (AvgIpc) is 2.78. The first-order chi connectivity index (χ1) is 10.2. The van der Waals surface area contributed by atoms with Gasteiger partial charge in [0.1, 0.15) is 0 Å². The summed E-state index contributed by atoms with van der Waals surface area (Å²) >= 11 is 5.67. The largest absolute Gasteiger partial charge is 0.354 e. The van der Waals surface area contributed by atoms with Crippen molar-refractivity contribution < 1.29 is 9.59 Å². The van der Waals surface area contributed by atoms with E-state index in [1.54, 1.807) is 24.3 Å². The summed E-state index contributed by atoms with van der Waals surface area (Å²) in [5, 5.41) is 0. The molecule has 4 heteroatoms. The number of halogens is 1. The fourth-order valence-electron chi connectivity index (χ4n) is 2.53. The molecule has 1 aliphatic heterocycles. The molecule has 0 saturated carbocycles. The van der Waals surface area contributed by atoms with Gasteiger partial charge in [-0.1, -0.05) is 24.3 Å². The first-order valence-electron chi connectivity index (χ1n) is 6.83. The molecule has 3 nitrogen and oxygen atoms in total. The van der Waals surface area contributed by atoms with Gasteiger partial charge in [-0.3, -0.25) is 9.59 Å². The Balaban J connectivity index is 1.91. The van der Waals surface area contributed by atoms with Crippen LogP contribution in [-0.4, -0.2) is 28.9 Å². The number of carbonyl (C=O) groups excluding carboxylic acids is 2. The predicted molar refractivity (Wildman–Crippen MR) is 82.5 cm³/mol. The van der Waals surface area contributed by atoms with Gasteiger partial charge in [-0.25, -0.2) is 0 Å². The van der Waals surface area contributed by atoms with Crippen LogP contribution in [-0.2, 0) is 0 Å². The van der Waals surface area contributed by atoms with Crippen molar-refractivity contribution in [2.75, 3.05) is 12.4 Å². The van der Waals surface area contributed by atoms with Gasteiger partial charge in [-0.15, -0.1) is 11.6 Å². The Kier molecular flexibility index (Phi) is 3.76. The number of hydrogen-bond donors (Lipinski definition) is 0. The van der Waals surface area contributed by atoms with Gasteiger partial charge in [0, 0.05) is 36.0 Å². The van der Waals surface area contributed by atoms with Gasteiger partial charge in [0.05, 0.1) is 5.57 Å². The van der Waals surface area contributed by atoms with Crippen LogP contribution in [0.1, 0.15) is 27.1 Å². The van der Waals surface area contributed by atoms with E-state index in [0.717, 1.165) is 13.0 Å². The van der Waals surface area contributed by atoms with Gasteiger partial charge in [-0.2, -0.15) is 0 Å². The van der Waals surface area contributed by atoms with Crippen LogP contribution in [0.5, 0.6) is 0 Å². The fraction of sp³-hybridized carbons (Fsp3) is 0.176. The van der Waals surface area contributed by atoms with Crippen molar-refractivity contribution >= 4 is 23.2 Å². The molecule has 0 spiro atoms. The molecule has 0 fully saturated rings. The molecule has 1 aromatic rings. The maximum Gasteiger partial charge on any atom is 0.198 e. The number of allylic oxidation sites excluding steroid dienone is 4. The van der Waals surface area contributed by atoms with Gasteiger partial charge in [0.25, 0.3) is 0 Å². The molecule has 2 aliphatic rings. The van der Waals surface area contributed by atoms with E-state index in [1.807, 2.05) is 29.5 Å². The van der Waals surface area contributed by atoms with Crippen molar-refractivity contribution in [3.8, 4) is 0 Å². The highest BCUT2D eigenvalue weighted by Gasteiger charge is 2.34. The Morgan fingerprint density at radius 2 is 1.52 bits per heavy atom. The molecular weight excluding hydrogens is 286 g/mol. The van der Waals surface area contributed by atoms with Gasteiger partial charge in [0.15, 0.2) is 11.6 Å². The summed E-state index contributed by atoms with van der Waals surface area (Å²) in [4.78, 5) is 26.8. The van der Waals surface area contributed by atoms with Crippen LogP contribution >= 0.6 is 11.6 Å². The minimum absolute atomic E-state index is 0.186. The van der Waals surface area contributed by atoms with Crippen LogP contribution in [0.3, 0.4) is 0 Å². The minimum atomic E-state index is -0.186. The number of carbonyl (C=O) groups is 2. The van der Waals surface area contributed by atoms with Crippen LogP contribution in [0.4, 0.5) is 0 Å². The van der Waals surface area contributed by atoms with Crippen molar-refractivity contribution in [1.29, 1.82) is 0 Å². The molecule has 106 valence electrons. The number of rotatable bonds is 3. The summed E-state index contributed by atoms with van der Waals surface area (Å²) in [7, 11) is 0. The predicted octanol–water partition coefficient (Wildman–Crippen LogP) is 3.33. The third-order valence-electron chi connectivity index (χ3n) is 3.60. The lowest BCUT2D eigenvalue weighted by atomic mass is 10.0. The van der Waals surface area contributed by atoms with Crippen LogP contribution in [0.2, 0.25) is 0 Å². The first-order valence-corrected chi connectivity index (χ1v) is 7.36. The Bertz CT molecular complexity index is 647. The highest BCUT2D eigenvalue weighted by molar-refractivity contribution is 6.40. The van der Waals surface area contributed by atoms with Crippen LogP contribution in [0.25, 0.3) is 0 Å². The molecule has 0 radical (unpaired) electrons. The summed E-state index contributed by atoms with van der Waals surface area (Å²) < 4.78 is 0. The molecule has 0 bridgehead atoms. The monoisotopic (exact) mass is 299 g/mol. The molecule has 0 amide bonds. The van der Waals surface area contributed by atoms with Crippen LogP contribution in [0, 0.1) is 0 Å². The highest BCUT2D eigenvalue weighted by Crippen LogP contribution is 2.30. The number of hydrogen-bond acceptors (Lipinski definition) is 3. The van der Waals surface area contributed by atoms with E-state index < -0.39 is 0 Å². The lowest BCUT2D eigenvalue weighted by Gasteiger charge is -2.18. The van der Waals surface area contributed by atoms with Gasteiger partial charge in [0.2, 0.25) is 0 Å². The van der Waals surface area contributed by atoms with E-state index in [0.29, 0.717) is 22.6 Å². The van der Waals surface area contributed by atoms with Gasteiger partial charge in [-0.05, 0) is 24.1 Å². The molecule has 0 saturated heterocycles. The fourth-order valence-corrected chi connectivity index (χ4v) is 2.65. The van der Waals surface area contributed by atoms with E-state index >= 15 is 0 Å². The zero-order valence-corrected chi connectivity index (χ0v) is 12.1. The zero-order chi connectivity index (χ0) is 14.8. The molecular formula is C17H14ClNO2. The highest BCUT2D eigenvalue weighted by atomic mass is 35.5. The quantitative estimate of drug-likeness (QED) is 0.488. The Morgan fingerprint density at radius 3 is 2.05 bits per heavy atom. The Morgan fingerprint density at radius 1 is 0.952 bits per heavy atom. The normalized spacial score (nSPS) is 16.9. The maximum atomic E-state index is 12.4. The minimum Gasteiger partial charge on any atom is -0.354 e. The molecule has 0 aromatic heterocycles. The van der Waals surface area contributed by atoms with E-state index in [-0.39, 0.29) is 17.1 Å². The van der Waals surface area contributed by atoms with E-state index in [4.69, 9.17) is 11.6 Å². The first kappa shape index (κ1) is 13.8. The number of benzene rings is 1. The van der Waals surface area contributed by atoms with Crippen LogP contribution in [0.15, 0.2) is 60.0 Å². The third kappa shape index (κ3) is 2.45. The molecule has 0 N–H and O–H groups in total. The summed E-state index contributed by atoms with van der Waals surface area (Å²) in [5.74, 6) is 0.238. The summed E-state index contributed by atoms with van der Waals surface area (Å²) in [5.41, 5.74) is 1.93. The van der Waals surface area contributed by atoms with E-state index in [1.165, 1.54) is 0 Å². The summed E-state index contributed by atoms with van der Waals surface area (Å²) in [6.45, 7) is 0.821. The standard InChI is InChI=1S/C17H14ClNO2/c18-8-3-9-19-10-6-12(7-11-19)15-16(20)13-4-1-2-5-14(13)17(15)21/h1-2,4-7,10-11H,3,8-9H2. The number of alkyl halides is 1.